The Morgan fingerprint density at radius 1 is 1.40 bits per heavy atom. The Hall–Kier alpha value is -2.51. The monoisotopic (exact) mass is 268 g/mol. The van der Waals surface area contributed by atoms with Crippen molar-refractivity contribution >= 4 is 11.6 Å². The van der Waals surface area contributed by atoms with Gasteiger partial charge in [-0.3, -0.25) is 4.79 Å². The van der Waals surface area contributed by atoms with Crippen molar-refractivity contribution in [3.05, 3.63) is 53.3 Å². The first-order valence-corrected chi connectivity index (χ1v) is 6.36. The molecule has 0 saturated carbocycles. The van der Waals surface area contributed by atoms with E-state index >= 15 is 0 Å². The van der Waals surface area contributed by atoms with Crippen LogP contribution in [0.5, 0.6) is 0 Å². The number of aromatic amines is 1. The van der Waals surface area contributed by atoms with Gasteiger partial charge < -0.3 is 15.4 Å². The van der Waals surface area contributed by atoms with E-state index in [9.17, 15) is 4.79 Å². The summed E-state index contributed by atoms with van der Waals surface area (Å²) >= 11 is 0. The van der Waals surface area contributed by atoms with E-state index < -0.39 is 0 Å². The average molecular weight is 268 g/mol. The fourth-order valence-electron chi connectivity index (χ4n) is 1.75. The van der Waals surface area contributed by atoms with E-state index in [0.717, 1.165) is 11.1 Å². The van der Waals surface area contributed by atoms with Gasteiger partial charge in [0.05, 0.1) is 12.3 Å². The second-order valence-corrected chi connectivity index (χ2v) is 4.36. The molecule has 0 spiro atoms. The molecule has 1 amide bonds. The highest BCUT2D eigenvalue weighted by molar-refractivity contribution is 6.03. The topological polar surface area (TPSA) is 65.1 Å². The number of aromatic nitrogens is 1. The first-order chi connectivity index (χ1) is 9.70. The molecule has 20 heavy (non-hydrogen) atoms. The minimum Gasteiger partial charge on any atom is -0.395 e. The number of carbonyl (C=O) groups excluding carboxylic acids is 1. The molecule has 0 aliphatic rings. The number of aryl methyl sites for hydroxylation is 1. The predicted molar refractivity (Wildman–Crippen MR) is 78.5 cm³/mol. The number of rotatable bonds is 3. The number of aliphatic hydroxyl groups is 1. The number of aliphatic hydroxyl groups excluding tert-OH is 1. The van der Waals surface area contributed by atoms with Crippen LogP contribution < -0.4 is 5.32 Å². The van der Waals surface area contributed by atoms with Crippen LogP contribution in [0.3, 0.4) is 0 Å². The largest absolute Gasteiger partial charge is 0.395 e. The highest BCUT2D eigenvalue weighted by atomic mass is 16.2. The summed E-state index contributed by atoms with van der Waals surface area (Å²) in [6.45, 7) is 2.00. The minimum absolute atomic E-state index is 0.0307. The molecule has 0 radical (unpaired) electrons. The molecule has 0 aliphatic carbocycles. The van der Waals surface area contributed by atoms with Crippen molar-refractivity contribution in [2.75, 3.05) is 11.9 Å². The Kier molecular flexibility index (Phi) is 4.59. The van der Waals surface area contributed by atoms with Gasteiger partial charge in [0.1, 0.15) is 5.69 Å². The number of hydrogen-bond donors (Lipinski definition) is 3. The summed E-state index contributed by atoms with van der Waals surface area (Å²) in [5.74, 6) is 5.63. The Labute approximate surface area is 117 Å². The van der Waals surface area contributed by atoms with E-state index in [4.69, 9.17) is 5.11 Å². The van der Waals surface area contributed by atoms with Crippen LogP contribution >= 0.6 is 0 Å². The molecular formula is C16H16N2O2. The molecule has 102 valence electrons. The maximum atomic E-state index is 12.0. The van der Waals surface area contributed by atoms with E-state index in [1.165, 1.54) is 0 Å². The molecule has 0 bridgehead atoms. The Balaban J connectivity index is 2.23. The lowest BCUT2D eigenvalue weighted by atomic mass is 10.1. The van der Waals surface area contributed by atoms with Crippen LogP contribution in [0.2, 0.25) is 0 Å². The number of amides is 1. The van der Waals surface area contributed by atoms with Gasteiger partial charge in [0.2, 0.25) is 0 Å². The zero-order valence-corrected chi connectivity index (χ0v) is 11.2. The molecule has 4 nitrogen and oxygen atoms in total. The smallest absolute Gasteiger partial charge is 0.272 e. The van der Waals surface area contributed by atoms with Gasteiger partial charge in [-0.25, -0.2) is 0 Å². The number of anilines is 1. The van der Waals surface area contributed by atoms with Crippen LogP contribution in [0.1, 0.15) is 28.0 Å². The highest BCUT2D eigenvalue weighted by Crippen LogP contribution is 2.17. The zero-order valence-electron chi connectivity index (χ0n) is 11.2. The third kappa shape index (κ3) is 3.50. The van der Waals surface area contributed by atoms with Crippen LogP contribution in [0.15, 0.2) is 36.5 Å². The van der Waals surface area contributed by atoms with Gasteiger partial charge in [0.15, 0.2) is 0 Å². The van der Waals surface area contributed by atoms with E-state index in [-0.39, 0.29) is 12.5 Å². The maximum absolute atomic E-state index is 12.0. The van der Waals surface area contributed by atoms with Gasteiger partial charge in [-0.2, -0.15) is 0 Å². The van der Waals surface area contributed by atoms with Crippen LogP contribution in [0.4, 0.5) is 5.69 Å². The lowest BCUT2D eigenvalue weighted by Gasteiger charge is -2.07. The van der Waals surface area contributed by atoms with Gasteiger partial charge >= 0.3 is 0 Å². The second-order valence-electron chi connectivity index (χ2n) is 4.36. The van der Waals surface area contributed by atoms with E-state index in [1.54, 1.807) is 18.3 Å². The fourth-order valence-corrected chi connectivity index (χ4v) is 1.75. The molecule has 0 atom stereocenters. The van der Waals surface area contributed by atoms with Gasteiger partial charge in [-0.05, 0) is 36.8 Å². The summed E-state index contributed by atoms with van der Waals surface area (Å²) in [5, 5.41) is 11.6. The molecule has 4 heteroatoms. The number of H-pyrrole nitrogens is 1. The molecule has 2 rings (SSSR count). The summed E-state index contributed by atoms with van der Waals surface area (Å²) in [6, 6.07) is 9.14. The third-order valence-electron chi connectivity index (χ3n) is 2.73. The van der Waals surface area contributed by atoms with Crippen molar-refractivity contribution in [2.24, 2.45) is 0 Å². The van der Waals surface area contributed by atoms with Gasteiger partial charge in [-0.15, -0.1) is 0 Å². The van der Waals surface area contributed by atoms with E-state index in [1.807, 2.05) is 25.1 Å². The lowest BCUT2D eigenvalue weighted by molar-refractivity contribution is 0.102. The number of hydrogen-bond acceptors (Lipinski definition) is 2. The first-order valence-electron chi connectivity index (χ1n) is 6.36. The molecule has 0 aliphatic heterocycles. The lowest BCUT2D eigenvalue weighted by Crippen LogP contribution is -2.13. The second kappa shape index (κ2) is 6.60. The molecule has 1 aromatic carbocycles. The number of nitrogens with one attached hydrogen (secondary N) is 2. The van der Waals surface area contributed by atoms with Crippen molar-refractivity contribution in [1.82, 2.24) is 4.98 Å². The normalized spacial score (nSPS) is 9.70. The third-order valence-corrected chi connectivity index (χ3v) is 2.73. The number of benzene rings is 1. The Bertz CT molecular complexity index is 649. The summed E-state index contributed by atoms with van der Waals surface area (Å²) < 4.78 is 0. The molecule has 3 N–H and O–H groups in total. The fraction of sp³-hybridized carbons (Fsp3) is 0.188. The average Bonchev–Trinajstić information content (AvgIpc) is 2.96. The van der Waals surface area contributed by atoms with Gasteiger partial charge in [-0.1, -0.05) is 17.9 Å². The Morgan fingerprint density at radius 2 is 2.25 bits per heavy atom. The standard InChI is InChI=1S/C16H16N2O2/c1-12-7-8-14(13(11-12)5-2-3-10-19)18-16(20)15-6-4-9-17-15/h4,6-9,11,17,19H,3,10H2,1H3,(H,18,20). The zero-order chi connectivity index (χ0) is 14.4. The van der Waals surface area contributed by atoms with Crippen LogP contribution in [-0.4, -0.2) is 22.6 Å². The Morgan fingerprint density at radius 3 is 2.95 bits per heavy atom. The quantitative estimate of drug-likeness (QED) is 0.748. The van der Waals surface area contributed by atoms with E-state index in [0.29, 0.717) is 17.8 Å². The van der Waals surface area contributed by atoms with Crippen molar-refractivity contribution in [2.45, 2.75) is 13.3 Å². The molecule has 1 heterocycles. The minimum atomic E-state index is -0.205. The van der Waals surface area contributed by atoms with Crippen molar-refractivity contribution < 1.29 is 9.90 Å². The van der Waals surface area contributed by atoms with Crippen LogP contribution in [0.25, 0.3) is 0 Å². The highest BCUT2D eigenvalue weighted by Gasteiger charge is 2.08. The van der Waals surface area contributed by atoms with Crippen molar-refractivity contribution in [3.63, 3.8) is 0 Å². The molecular weight excluding hydrogens is 252 g/mol. The van der Waals surface area contributed by atoms with Crippen LogP contribution in [-0.2, 0) is 0 Å². The SMILES string of the molecule is Cc1ccc(NC(=O)c2ccc[nH]2)c(C#CCCO)c1. The summed E-state index contributed by atoms with van der Waals surface area (Å²) in [4.78, 5) is 14.9. The maximum Gasteiger partial charge on any atom is 0.272 e. The summed E-state index contributed by atoms with van der Waals surface area (Å²) in [5.41, 5.74) is 2.98. The molecule has 2 aromatic rings. The molecule has 0 saturated heterocycles. The number of carbonyl (C=O) groups is 1. The first kappa shape index (κ1) is 13.9. The van der Waals surface area contributed by atoms with Crippen LogP contribution in [0, 0.1) is 18.8 Å². The molecule has 1 aromatic heterocycles. The predicted octanol–water partition coefficient (Wildman–Crippen LogP) is 2.31. The van der Waals surface area contributed by atoms with E-state index in [2.05, 4.69) is 22.1 Å². The van der Waals surface area contributed by atoms with Crippen molar-refractivity contribution in [3.8, 4) is 11.8 Å². The summed E-state index contributed by atoms with van der Waals surface area (Å²) in [7, 11) is 0. The van der Waals surface area contributed by atoms with Gasteiger partial charge in [0, 0.05) is 18.2 Å². The summed E-state index contributed by atoms with van der Waals surface area (Å²) in [6.07, 6.45) is 2.12. The molecule has 0 fully saturated rings. The van der Waals surface area contributed by atoms with Crippen molar-refractivity contribution in [1.29, 1.82) is 0 Å². The van der Waals surface area contributed by atoms with Gasteiger partial charge in [0.25, 0.3) is 5.91 Å². The molecule has 0 unspecified atom stereocenters.